The number of halogens is 2. The standard InChI is InChI=1S/C12H6F2N2O3/c13-12(14)18-10-7(1-2-9(17)11(10)19-12)8-5-16-4-6(8)3-15/h1-2,4-5,16-17H. The van der Waals surface area contributed by atoms with Crippen LogP contribution >= 0.6 is 0 Å². The lowest BCUT2D eigenvalue weighted by molar-refractivity contribution is -0.286. The van der Waals surface area contributed by atoms with E-state index in [0.29, 0.717) is 5.56 Å². The van der Waals surface area contributed by atoms with Crippen LogP contribution in [0.2, 0.25) is 0 Å². The number of phenols is 1. The smallest absolute Gasteiger partial charge is 0.504 e. The molecule has 0 saturated heterocycles. The quantitative estimate of drug-likeness (QED) is 0.829. The number of nitrogens with zero attached hydrogens (tertiary/aromatic N) is 1. The van der Waals surface area contributed by atoms with Crippen LogP contribution in [0.15, 0.2) is 24.5 Å². The fraction of sp³-hybridized carbons (Fsp3) is 0.0833. The third-order valence-corrected chi connectivity index (χ3v) is 2.69. The number of rotatable bonds is 1. The van der Waals surface area contributed by atoms with Crippen molar-refractivity contribution < 1.29 is 23.4 Å². The molecule has 96 valence electrons. The van der Waals surface area contributed by atoms with Gasteiger partial charge in [0.2, 0.25) is 5.75 Å². The number of H-pyrrole nitrogens is 1. The number of hydrogen-bond acceptors (Lipinski definition) is 4. The molecule has 0 amide bonds. The van der Waals surface area contributed by atoms with Crippen molar-refractivity contribution in [3.63, 3.8) is 0 Å². The van der Waals surface area contributed by atoms with Gasteiger partial charge in [0, 0.05) is 23.5 Å². The minimum atomic E-state index is -3.83. The highest BCUT2D eigenvalue weighted by Gasteiger charge is 2.46. The Morgan fingerprint density at radius 1 is 1.16 bits per heavy atom. The van der Waals surface area contributed by atoms with Crippen molar-refractivity contribution in [2.24, 2.45) is 0 Å². The van der Waals surface area contributed by atoms with Crippen LogP contribution in [0.5, 0.6) is 17.2 Å². The van der Waals surface area contributed by atoms with Crippen LogP contribution in [0.25, 0.3) is 11.1 Å². The number of alkyl halides is 2. The van der Waals surface area contributed by atoms with Gasteiger partial charge >= 0.3 is 6.29 Å². The van der Waals surface area contributed by atoms with E-state index >= 15 is 0 Å². The highest BCUT2D eigenvalue weighted by atomic mass is 19.3. The molecule has 1 aromatic carbocycles. The van der Waals surface area contributed by atoms with Crippen molar-refractivity contribution >= 4 is 0 Å². The van der Waals surface area contributed by atoms with Gasteiger partial charge in [-0.2, -0.15) is 5.26 Å². The van der Waals surface area contributed by atoms with E-state index in [1.54, 1.807) is 0 Å². The van der Waals surface area contributed by atoms with Crippen LogP contribution in [0.3, 0.4) is 0 Å². The number of aromatic amines is 1. The van der Waals surface area contributed by atoms with E-state index in [2.05, 4.69) is 14.5 Å². The average molecular weight is 264 g/mol. The number of aromatic nitrogens is 1. The van der Waals surface area contributed by atoms with Crippen LogP contribution in [0, 0.1) is 11.3 Å². The van der Waals surface area contributed by atoms with Gasteiger partial charge in [0.1, 0.15) is 6.07 Å². The first-order valence-electron chi connectivity index (χ1n) is 5.21. The van der Waals surface area contributed by atoms with Crippen molar-refractivity contribution in [3.8, 4) is 34.4 Å². The van der Waals surface area contributed by atoms with Crippen molar-refractivity contribution in [1.29, 1.82) is 5.26 Å². The molecule has 5 nitrogen and oxygen atoms in total. The average Bonchev–Trinajstić information content (AvgIpc) is 2.93. The molecular formula is C12H6F2N2O3. The Balaban J connectivity index is 2.22. The minimum absolute atomic E-state index is 0.239. The summed E-state index contributed by atoms with van der Waals surface area (Å²) >= 11 is 0. The summed E-state index contributed by atoms with van der Waals surface area (Å²) < 4.78 is 34.8. The van der Waals surface area contributed by atoms with Crippen LogP contribution < -0.4 is 9.47 Å². The predicted octanol–water partition coefficient (Wildman–Crippen LogP) is 2.58. The normalized spacial score (nSPS) is 15.2. The molecule has 19 heavy (non-hydrogen) atoms. The molecular weight excluding hydrogens is 258 g/mol. The summed E-state index contributed by atoms with van der Waals surface area (Å²) in [7, 11) is 0. The molecule has 7 heteroatoms. The van der Waals surface area contributed by atoms with Crippen molar-refractivity contribution in [3.05, 3.63) is 30.1 Å². The lowest BCUT2D eigenvalue weighted by Crippen LogP contribution is -2.26. The highest BCUT2D eigenvalue weighted by molar-refractivity contribution is 5.80. The summed E-state index contributed by atoms with van der Waals surface area (Å²) in [6, 6.07) is 4.50. The molecule has 0 fully saturated rings. The van der Waals surface area contributed by atoms with Gasteiger partial charge in [0.25, 0.3) is 0 Å². The number of nitrogens with one attached hydrogen (secondary N) is 1. The summed E-state index contributed by atoms with van der Waals surface area (Å²) in [5, 5.41) is 18.4. The molecule has 1 aliphatic heterocycles. The summed E-state index contributed by atoms with van der Waals surface area (Å²) in [6.07, 6.45) is -0.924. The molecule has 2 N–H and O–H groups in total. The fourth-order valence-corrected chi connectivity index (χ4v) is 1.90. The second kappa shape index (κ2) is 3.62. The Labute approximate surface area is 105 Å². The molecule has 3 rings (SSSR count). The first-order valence-corrected chi connectivity index (χ1v) is 5.21. The SMILES string of the molecule is N#Cc1c[nH]cc1-c1ccc(O)c2c1OC(F)(F)O2. The van der Waals surface area contributed by atoms with Gasteiger partial charge in [-0.3, -0.25) is 0 Å². The van der Waals surface area contributed by atoms with Gasteiger partial charge in [0.15, 0.2) is 11.5 Å². The van der Waals surface area contributed by atoms with E-state index < -0.39 is 17.8 Å². The molecule has 1 aliphatic rings. The Hall–Kier alpha value is -2.75. The Kier molecular flexibility index (Phi) is 2.16. The molecule has 0 radical (unpaired) electrons. The maximum Gasteiger partial charge on any atom is 0.586 e. The van der Waals surface area contributed by atoms with E-state index in [1.807, 2.05) is 6.07 Å². The number of ether oxygens (including phenoxy) is 2. The van der Waals surface area contributed by atoms with E-state index in [-0.39, 0.29) is 16.9 Å². The van der Waals surface area contributed by atoms with Crippen LogP contribution in [-0.2, 0) is 0 Å². The Morgan fingerprint density at radius 2 is 1.89 bits per heavy atom. The number of fused-ring (bicyclic) bond motifs is 1. The lowest BCUT2D eigenvalue weighted by Gasteiger charge is -2.06. The maximum absolute atomic E-state index is 13.1. The number of aromatic hydroxyl groups is 1. The molecule has 2 heterocycles. The zero-order chi connectivity index (χ0) is 13.6. The number of phenolic OH excluding ortho intramolecular Hbond substituents is 1. The Morgan fingerprint density at radius 3 is 2.63 bits per heavy atom. The van der Waals surface area contributed by atoms with Crippen LogP contribution in [-0.4, -0.2) is 16.4 Å². The van der Waals surface area contributed by atoms with Crippen molar-refractivity contribution in [2.45, 2.75) is 6.29 Å². The van der Waals surface area contributed by atoms with Crippen molar-refractivity contribution in [1.82, 2.24) is 4.98 Å². The van der Waals surface area contributed by atoms with E-state index in [4.69, 9.17) is 5.26 Å². The third-order valence-electron chi connectivity index (χ3n) is 2.69. The van der Waals surface area contributed by atoms with Gasteiger partial charge in [-0.1, -0.05) is 0 Å². The molecule has 0 saturated carbocycles. The Bertz CT molecular complexity index is 703. The number of nitriles is 1. The van der Waals surface area contributed by atoms with Crippen LogP contribution in [0.1, 0.15) is 5.56 Å². The summed E-state index contributed by atoms with van der Waals surface area (Å²) in [5.41, 5.74) is 0.898. The van der Waals surface area contributed by atoms with Gasteiger partial charge in [0.05, 0.1) is 5.56 Å². The second-order valence-electron chi connectivity index (χ2n) is 3.85. The maximum atomic E-state index is 13.1. The number of hydrogen-bond donors (Lipinski definition) is 2. The largest absolute Gasteiger partial charge is 0.586 e. The summed E-state index contributed by atoms with van der Waals surface area (Å²) in [6.45, 7) is 0. The topological polar surface area (TPSA) is 78.3 Å². The zero-order valence-corrected chi connectivity index (χ0v) is 9.28. The summed E-state index contributed by atoms with van der Waals surface area (Å²) in [5.74, 6) is -1.18. The molecule has 0 atom stereocenters. The second-order valence-corrected chi connectivity index (χ2v) is 3.85. The molecule has 0 bridgehead atoms. The monoisotopic (exact) mass is 264 g/mol. The third kappa shape index (κ3) is 1.65. The fourth-order valence-electron chi connectivity index (χ4n) is 1.90. The lowest BCUT2D eigenvalue weighted by atomic mass is 10.0. The van der Waals surface area contributed by atoms with E-state index in [9.17, 15) is 13.9 Å². The van der Waals surface area contributed by atoms with Gasteiger partial charge in [-0.25, -0.2) is 0 Å². The van der Waals surface area contributed by atoms with Gasteiger partial charge < -0.3 is 19.6 Å². The van der Waals surface area contributed by atoms with Gasteiger partial charge in [-0.05, 0) is 12.1 Å². The van der Waals surface area contributed by atoms with E-state index in [1.165, 1.54) is 24.5 Å². The molecule has 0 aliphatic carbocycles. The summed E-state index contributed by atoms with van der Waals surface area (Å²) in [4.78, 5) is 2.71. The predicted molar refractivity (Wildman–Crippen MR) is 58.8 cm³/mol. The molecule has 2 aromatic rings. The van der Waals surface area contributed by atoms with Crippen molar-refractivity contribution in [2.75, 3.05) is 0 Å². The first kappa shape index (κ1) is 11.3. The molecule has 0 spiro atoms. The highest BCUT2D eigenvalue weighted by Crippen LogP contribution is 2.51. The van der Waals surface area contributed by atoms with E-state index in [0.717, 1.165) is 0 Å². The zero-order valence-electron chi connectivity index (χ0n) is 9.28. The minimum Gasteiger partial charge on any atom is -0.504 e. The van der Waals surface area contributed by atoms with Gasteiger partial charge in [-0.15, -0.1) is 8.78 Å². The van der Waals surface area contributed by atoms with Crippen LogP contribution in [0.4, 0.5) is 8.78 Å². The first-order chi connectivity index (χ1) is 9.02. The molecule has 1 aromatic heterocycles. The molecule has 0 unspecified atom stereocenters. The number of benzene rings is 1.